The lowest BCUT2D eigenvalue weighted by Crippen LogP contribution is -2.37. The molecule has 0 spiro atoms. The minimum Gasteiger partial charge on any atom is -0.494 e. The van der Waals surface area contributed by atoms with Gasteiger partial charge in [0, 0.05) is 36.4 Å². The SMILES string of the molecule is CCOCCOc1cc(C)c(-c2cccc(COc3ccc(B4O/C(O)=C\N(C)/C=C(/O)O4)cc3)c2)c(C)n1. The van der Waals surface area contributed by atoms with E-state index in [0.29, 0.717) is 43.5 Å². The predicted molar refractivity (Wildman–Crippen MR) is 149 cm³/mol. The maximum absolute atomic E-state index is 9.94. The van der Waals surface area contributed by atoms with Gasteiger partial charge < -0.3 is 38.6 Å². The van der Waals surface area contributed by atoms with Crippen LogP contribution >= 0.6 is 0 Å². The van der Waals surface area contributed by atoms with Gasteiger partial charge in [-0.05, 0) is 55.7 Å². The Morgan fingerprint density at radius 3 is 2.31 bits per heavy atom. The highest BCUT2D eigenvalue weighted by Gasteiger charge is 2.29. The zero-order chi connectivity index (χ0) is 27.8. The summed E-state index contributed by atoms with van der Waals surface area (Å²) in [6, 6.07) is 17.2. The first-order valence-corrected chi connectivity index (χ1v) is 12.7. The van der Waals surface area contributed by atoms with Gasteiger partial charge >= 0.3 is 7.12 Å². The maximum atomic E-state index is 9.94. The lowest BCUT2D eigenvalue weighted by molar-refractivity contribution is 0.108. The van der Waals surface area contributed by atoms with Crippen molar-refractivity contribution in [1.29, 1.82) is 0 Å². The van der Waals surface area contributed by atoms with E-state index in [2.05, 4.69) is 24.0 Å². The fraction of sp³-hybridized carbons (Fsp3) is 0.276. The van der Waals surface area contributed by atoms with Crippen LogP contribution in [0.15, 0.2) is 78.9 Å². The van der Waals surface area contributed by atoms with E-state index in [4.69, 9.17) is 23.5 Å². The molecule has 2 aromatic carbocycles. The largest absolute Gasteiger partial charge is 0.636 e. The molecule has 0 radical (unpaired) electrons. The Bertz CT molecular complexity index is 1280. The molecule has 9 nitrogen and oxygen atoms in total. The van der Waals surface area contributed by atoms with Crippen LogP contribution in [0.3, 0.4) is 0 Å². The van der Waals surface area contributed by atoms with Crippen LogP contribution in [0, 0.1) is 13.8 Å². The molecule has 39 heavy (non-hydrogen) atoms. The Balaban J connectivity index is 1.40. The molecule has 0 fully saturated rings. The van der Waals surface area contributed by atoms with Gasteiger partial charge in [0.25, 0.3) is 11.9 Å². The van der Waals surface area contributed by atoms with Crippen LogP contribution < -0.4 is 14.9 Å². The molecule has 204 valence electrons. The molecular weight excluding hydrogens is 499 g/mol. The minimum absolute atomic E-state index is 0.337. The van der Waals surface area contributed by atoms with Crippen LogP contribution in [0.25, 0.3) is 11.1 Å². The average molecular weight is 532 g/mol. The third-order valence-electron chi connectivity index (χ3n) is 5.91. The molecule has 0 unspecified atom stereocenters. The van der Waals surface area contributed by atoms with Crippen LogP contribution in [0.4, 0.5) is 0 Å². The summed E-state index contributed by atoms with van der Waals surface area (Å²) in [4.78, 5) is 6.05. The number of pyridine rings is 1. The summed E-state index contributed by atoms with van der Waals surface area (Å²) in [5.41, 5.74) is 5.70. The van der Waals surface area contributed by atoms with Crippen LogP contribution in [0.5, 0.6) is 11.6 Å². The summed E-state index contributed by atoms with van der Waals surface area (Å²) in [7, 11) is 0.607. The third-order valence-corrected chi connectivity index (χ3v) is 5.91. The number of aromatic nitrogens is 1. The van der Waals surface area contributed by atoms with Gasteiger partial charge in [-0.25, -0.2) is 4.98 Å². The molecule has 2 N–H and O–H groups in total. The van der Waals surface area contributed by atoms with Gasteiger partial charge in [-0.2, -0.15) is 0 Å². The van der Waals surface area contributed by atoms with E-state index in [1.54, 1.807) is 31.3 Å². The lowest BCUT2D eigenvalue weighted by Gasteiger charge is -2.20. The summed E-state index contributed by atoms with van der Waals surface area (Å²) >= 11 is 0. The van der Waals surface area contributed by atoms with Crippen molar-refractivity contribution in [3.63, 3.8) is 0 Å². The van der Waals surface area contributed by atoms with Gasteiger partial charge in [-0.15, -0.1) is 0 Å². The zero-order valence-corrected chi connectivity index (χ0v) is 22.6. The van der Waals surface area contributed by atoms with E-state index in [1.807, 2.05) is 32.0 Å². The highest BCUT2D eigenvalue weighted by Crippen LogP contribution is 2.29. The summed E-state index contributed by atoms with van der Waals surface area (Å²) in [6.07, 6.45) is 2.64. The number of rotatable bonds is 10. The Morgan fingerprint density at radius 2 is 1.64 bits per heavy atom. The molecule has 2 heterocycles. The van der Waals surface area contributed by atoms with Crippen molar-refractivity contribution in [2.45, 2.75) is 27.4 Å². The summed E-state index contributed by atoms with van der Waals surface area (Å²) < 4.78 is 27.9. The molecule has 3 aromatic rings. The molecule has 0 bridgehead atoms. The van der Waals surface area contributed by atoms with Gasteiger partial charge in [0.15, 0.2) is 0 Å². The number of aryl methyl sites for hydroxylation is 2. The standard InChI is InChI=1S/C29H33BN2O7/c1-5-35-13-14-36-26-15-20(2)29(21(3)31-26)23-8-6-7-22(16-23)19-37-25-11-9-24(10-12-25)30-38-27(33)17-32(4)18-28(34)39-30/h6-12,15-18,33-34H,5,13-14,19H2,1-4H3/b27-17-,28-18-. The number of ether oxygens (including phenoxy) is 3. The van der Waals surface area contributed by atoms with Crippen molar-refractivity contribution in [2.75, 3.05) is 26.9 Å². The van der Waals surface area contributed by atoms with E-state index >= 15 is 0 Å². The van der Waals surface area contributed by atoms with Gasteiger partial charge in [0.1, 0.15) is 19.0 Å². The van der Waals surface area contributed by atoms with E-state index in [-0.39, 0.29) is 11.9 Å². The second kappa shape index (κ2) is 13.0. The second-order valence-electron chi connectivity index (χ2n) is 9.01. The van der Waals surface area contributed by atoms with Crippen LogP contribution in [-0.4, -0.2) is 54.1 Å². The lowest BCUT2D eigenvalue weighted by atomic mass is 9.79. The highest BCUT2D eigenvalue weighted by molar-refractivity contribution is 6.61. The number of hydrogen-bond acceptors (Lipinski definition) is 9. The monoisotopic (exact) mass is 532 g/mol. The molecule has 1 aliphatic rings. The molecule has 4 rings (SSSR count). The third kappa shape index (κ3) is 7.61. The molecule has 1 aromatic heterocycles. The Morgan fingerprint density at radius 1 is 0.923 bits per heavy atom. The van der Waals surface area contributed by atoms with Crippen molar-refractivity contribution in [2.24, 2.45) is 0 Å². The molecule has 0 saturated heterocycles. The van der Waals surface area contributed by atoms with Crippen LogP contribution in [0.2, 0.25) is 0 Å². The molecule has 0 amide bonds. The number of aliphatic hydroxyl groups is 2. The topological polar surface area (TPSA) is 103 Å². The maximum Gasteiger partial charge on any atom is 0.636 e. The molecule has 0 aliphatic carbocycles. The Hall–Kier alpha value is -4.31. The molecule has 1 aliphatic heterocycles. The molecule has 10 heteroatoms. The first-order chi connectivity index (χ1) is 18.8. The van der Waals surface area contributed by atoms with Crippen molar-refractivity contribution in [3.05, 3.63) is 95.7 Å². The molecular formula is C29H33BN2O7. The highest BCUT2D eigenvalue weighted by atomic mass is 16.7. The zero-order valence-electron chi connectivity index (χ0n) is 22.6. The Kier molecular flexibility index (Phi) is 9.22. The summed E-state index contributed by atoms with van der Waals surface area (Å²) in [5, 5.41) is 19.9. The first-order valence-electron chi connectivity index (χ1n) is 12.7. The summed E-state index contributed by atoms with van der Waals surface area (Å²) in [5.74, 6) is 0.569. The van der Waals surface area contributed by atoms with Gasteiger partial charge in [-0.1, -0.05) is 30.3 Å². The van der Waals surface area contributed by atoms with E-state index in [0.717, 1.165) is 27.9 Å². The smallest absolute Gasteiger partial charge is 0.494 e. The number of hydrogen-bond donors (Lipinski definition) is 2. The molecule has 0 atom stereocenters. The van der Waals surface area contributed by atoms with Crippen LogP contribution in [-0.2, 0) is 20.7 Å². The van der Waals surface area contributed by atoms with Crippen molar-refractivity contribution >= 4 is 12.6 Å². The fourth-order valence-corrected chi connectivity index (χ4v) is 4.19. The van der Waals surface area contributed by atoms with Gasteiger partial charge in [0.05, 0.1) is 19.0 Å². The van der Waals surface area contributed by atoms with Gasteiger partial charge in [-0.3, -0.25) is 0 Å². The molecule has 0 saturated carbocycles. The quantitative estimate of drug-likeness (QED) is 0.283. The van der Waals surface area contributed by atoms with Crippen molar-refractivity contribution in [1.82, 2.24) is 9.88 Å². The van der Waals surface area contributed by atoms with Crippen molar-refractivity contribution in [3.8, 4) is 22.8 Å². The normalized spacial score (nSPS) is 16.1. The van der Waals surface area contributed by atoms with Crippen LogP contribution in [0.1, 0.15) is 23.7 Å². The number of aliphatic hydroxyl groups excluding tert-OH is 2. The fourth-order valence-electron chi connectivity index (χ4n) is 4.19. The number of benzene rings is 2. The van der Waals surface area contributed by atoms with E-state index in [1.165, 1.54) is 17.3 Å². The average Bonchev–Trinajstić information content (AvgIpc) is 2.89. The van der Waals surface area contributed by atoms with Gasteiger partial charge in [0.2, 0.25) is 5.88 Å². The van der Waals surface area contributed by atoms with E-state index < -0.39 is 7.12 Å². The summed E-state index contributed by atoms with van der Waals surface area (Å²) in [6.45, 7) is 8.01. The Labute approximate surface area is 229 Å². The predicted octanol–water partition coefficient (Wildman–Crippen LogP) is 4.75. The van der Waals surface area contributed by atoms with Crippen molar-refractivity contribution < 1.29 is 33.7 Å². The minimum atomic E-state index is -1.02. The second-order valence-corrected chi connectivity index (χ2v) is 9.01. The first kappa shape index (κ1) is 27.7. The van der Waals surface area contributed by atoms with E-state index in [9.17, 15) is 10.2 Å². The number of nitrogens with zero attached hydrogens (tertiary/aromatic N) is 2.